The van der Waals surface area contributed by atoms with Crippen molar-refractivity contribution in [2.45, 2.75) is 32.0 Å². The largest absolute Gasteiger partial charge is 0.496 e. The van der Waals surface area contributed by atoms with Crippen molar-refractivity contribution in [1.82, 2.24) is 20.5 Å². The number of carbonyl (C=O) groups excluding carboxylic acids is 3. The van der Waals surface area contributed by atoms with E-state index in [2.05, 4.69) is 15.6 Å². The summed E-state index contributed by atoms with van der Waals surface area (Å²) in [5.41, 5.74) is 2.45. The first kappa shape index (κ1) is 25.2. The summed E-state index contributed by atoms with van der Waals surface area (Å²) in [6.45, 7) is 2.65. The van der Waals surface area contributed by atoms with Crippen LogP contribution in [-0.2, 0) is 11.3 Å². The fourth-order valence-corrected chi connectivity index (χ4v) is 4.68. The number of nitrogens with zero attached hydrogens (tertiary/aromatic N) is 1. The van der Waals surface area contributed by atoms with Crippen LogP contribution in [-0.4, -0.2) is 66.6 Å². The van der Waals surface area contributed by atoms with Crippen LogP contribution in [0.5, 0.6) is 17.2 Å². The first-order valence-corrected chi connectivity index (χ1v) is 12.5. The van der Waals surface area contributed by atoms with Crippen molar-refractivity contribution in [3.63, 3.8) is 0 Å². The maximum absolute atomic E-state index is 13.4. The van der Waals surface area contributed by atoms with E-state index in [4.69, 9.17) is 14.2 Å². The Morgan fingerprint density at radius 2 is 2.00 bits per heavy atom. The molecule has 6 rings (SSSR count). The lowest BCUT2D eigenvalue weighted by molar-refractivity contribution is -0.123. The Labute approximate surface area is 220 Å². The predicted molar refractivity (Wildman–Crippen MR) is 138 cm³/mol. The van der Waals surface area contributed by atoms with E-state index >= 15 is 0 Å². The lowest BCUT2D eigenvalue weighted by Crippen LogP contribution is -2.58. The number of fused-ring (bicyclic) bond motifs is 7. The van der Waals surface area contributed by atoms with Gasteiger partial charge in [0.25, 0.3) is 17.7 Å². The van der Waals surface area contributed by atoms with Gasteiger partial charge in [0, 0.05) is 49.4 Å². The van der Waals surface area contributed by atoms with E-state index in [0.29, 0.717) is 41.5 Å². The molecular formula is C28H30N4O6. The molecule has 1 saturated heterocycles. The minimum atomic E-state index is -0.481. The second-order valence-electron chi connectivity index (χ2n) is 9.38. The van der Waals surface area contributed by atoms with Gasteiger partial charge in [0.2, 0.25) is 0 Å². The molecule has 3 aromatic rings. The number of benzene rings is 2. The van der Waals surface area contributed by atoms with Gasteiger partial charge in [0.1, 0.15) is 29.0 Å². The number of aromatic amines is 1. The number of piperidine rings is 1. The lowest BCUT2D eigenvalue weighted by atomic mass is 10.00. The Morgan fingerprint density at radius 1 is 1.13 bits per heavy atom. The van der Waals surface area contributed by atoms with E-state index in [1.807, 2.05) is 13.0 Å². The van der Waals surface area contributed by atoms with Gasteiger partial charge in [-0.2, -0.15) is 0 Å². The van der Waals surface area contributed by atoms with Crippen LogP contribution in [0.4, 0.5) is 0 Å². The topological polar surface area (TPSA) is 122 Å². The number of H-pyrrole nitrogens is 1. The summed E-state index contributed by atoms with van der Waals surface area (Å²) in [6, 6.07) is 13.5. The number of aryl methyl sites for hydroxylation is 1. The van der Waals surface area contributed by atoms with Crippen molar-refractivity contribution in [3.8, 4) is 17.2 Å². The van der Waals surface area contributed by atoms with Crippen LogP contribution in [0.2, 0.25) is 0 Å². The highest BCUT2D eigenvalue weighted by atomic mass is 16.5. The van der Waals surface area contributed by atoms with Crippen molar-refractivity contribution >= 4 is 17.7 Å². The van der Waals surface area contributed by atoms with Gasteiger partial charge in [0.05, 0.1) is 13.2 Å². The van der Waals surface area contributed by atoms with Crippen LogP contribution in [0.1, 0.15) is 38.4 Å². The van der Waals surface area contributed by atoms with Gasteiger partial charge in [-0.15, -0.1) is 0 Å². The Bertz CT molecular complexity index is 1340. The zero-order chi connectivity index (χ0) is 26.6. The normalized spacial score (nSPS) is 19.8. The van der Waals surface area contributed by atoms with E-state index in [0.717, 1.165) is 11.1 Å². The van der Waals surface area contributed by atoms with Crippen molar-refractivity contribution in [2.24, 2.45) is 0 Å². The number of ether oxygens (including phenoxy) is 3. The van der Waals surface area contributed by atoms with Crippen LogP contribution < -0.4 is 24.8 Å². The molecule has 0 saturated carbocycles. The maximum atomic E-state index is 13.4. The zero-order valence-electron chi connectivity index (χ0n) is 21.3. The number of hydrogen-bond acceptors (Lipinski definition) is 6. The SMILES string of the molecule is COc1cc2ccc1CNC(=O)COc1cc(ccc1C)C(=O)N[C@H]1CN(C(=O)c3ccc[nH]3)CC[C@H]1O2. The fourth-order valence-electron chi connectivity index (χ4n) is 4.68. The fraction of sp³-hybridized carbons (Fsp3) is 0.321. The molecule has 1 fully saturated rings. The Kier molecular flexibility index (Phi) is 7.21. The summed E-state index contributed by atoms with van der Waals surface area (Å²) < 4.78 is 17.6. The second kappa shape index (κ2) is 10.9. The molecule has 4 heterocycles. The highest BCUT2D eigenvalue weighted by Crippen LogP contribution is 2.28. The average molecular weight is 519 g/mol. The first-order valence-electron chi connectivity index (χ1n) is 12.5. The minimum absolute atomic E-state index is 0.139. The summed E-state index contributed by atoms with van der Waals surface area (Å²) in [4.78, 5) is 43.5. The van der Waals surface area contributed by atoms with Crippen molar-refractivity contribution < 1.29 is 28.6 Å². The molecule has 4 bridgehead atoms. The van der Waals surface area contributed by atoms with Crippen LogP contribution >= 0.6 is 0 Å². The molecule has 0 aliphatic carbocycles. The van der Waals surface area contributed by atoms with Gasteiger partial charge in [-0.1, -0.05) is 6.07 Å². The molecule has 10 heteroatoms. The van der Waals surface area contributed by atoms with E-state index in [-0.39, 0.29) is 37.4 Å². The predicted octanol–water partition coefficient (Wildman–Crippen LogP) is 2.43. The van der Waals surface area contributed by atoms with Gasteiger partial charge < -0.3 is 34.7 Å². The van der Waals surface area contributed by atoms with Gasteiger partial charge >= 0.3 is 0 Å². The summed E-state index contributed by atoms with van der Waals surface area (Å²) >= 11 is 0. The Balaban J connectivity index is 1.47. The minimum Gasteiger partial charge on any atom is -0.496 e. The molecule has 38 heavy (non-hydrogen) atoms. The molecular weight excluding hydrogens is 488 g/mol. The van der Waals surface area contributed by atoms with Crippen LogP contribution in [0.25, 0.3) is 0 Å². The number of rotatable bonds is 2. The standard InChI is InChI=1S/C28H30N4O6/c1-17-5-6-18-12-24(17)37-16-26(33)30-14-19-7-8-20(13-25(19)36-2)38-23-9-11-32(15-22(23)31-27(18)34)28(35)21-4-3-10-29-21/h3-8,10,12-13,22-23,29H,9,11,14-16H2,1-2H3,(H,30,33)(H,31,34)/t22-,23+/m0/s1. The third-order valence-electron chi connectivity index (χ3n) is 6.81. The average Bonchev–Trinajstić information content (AvgIpc) is 3.47. The number of amides is 3. The molecule has 2 atom stereocenters. The van der Waals surface area contributed by atoms with E-state index in [1.54, 1.807) is 60.7 Å². The molecule has 2 aromatic carbocycles. The zero-order valence-corrected chi connectivity index (χ0v) is 21.3. The van der Waals surface area contributed by atoms with Crippen molar-refractivity contribution in [1.29, 1.82) is 0 Å². The number of carbonyl (C=O) groups is 3. The Morgan fingerprint density at radius 3 is 2.79 bits per heavy atom. The van der Waals surface area contributed by atoms with Crippen LogP contribution in [0, 0.1) is 6.92 Å². The van der Waals surface area contributed by atoms with E-state index < -0.39 is 12.1 Å². The third kappa shape index (κ3) is 5.44. The van der Waals surface area contributed by atoms with Crippen molar-refractivity contribution in [2.75, 3.05) is 26.8 Å². The molecule has 1 aromatic heterocycles. The molecule has 3 aliphatic heterocycles. The number of nitrogens with one attached hydrogen (secondary N) is 3. The van der Waals surface area contributed by atoms with E-state index in [1.165, 1.54) is 0 Å². The number of methoxy groups -OCH3 is 1. The van der Waals surface area contributed by atoms with Crippen LogP contribution in [0.15, 0.2) is 54.7 Å². The summed E-state index contributed by atoms with van der Waals surface area (Å²) in [7, 11) is 1.55. The molecule has 10 nitrogen and oxygen atoms in total. The van der Waals surface area contributed by atoms with Gasteiger partial charge in [-0.25, -0.2) is 0 Å². The van der Waals surface area contributed by atoms with Gasteiger partial charge in [0.15, 0.2) is 6.61 Å². The molecule has 0 radical (unpaired) electrons. The number of likely N-dealkylation sites (tertiary alicyclic amines) is 1. The molecule has 198 valence electrons. The molecule has 0 spiro atoms. The molecule has 3 amide bonds. The smallest absolute Gasteiger partial charge is 0.270 e. The second-order valence-corrected chi connectivity index (χ2v) is 9.38. The first-order chi connectivity index (χ1) is 18.4. The highest BCUT2D eigenvalue weighted by Gasteiger charge is 2.35. The lowest BCUT2D eigenvalue weighted by Gasteiger charge is -2.38. The highest BCUT2D eigenvalue weighted by molar-refractivity contribution is 5.95. The van der Waals surface area contributed by atoms with E-state index in [9.17, 15) is 14.4 Å². The monoisotopic (exact) mass is 518 g/mol. The molecule has 3 aliphatic rings. The van der Waals surface area contributed by atoms with Gasteiger partial charge in [-0.3, -0.25) is 14.4 Å². The molecule has 0 unspecified atom stereocenters. The summed E-state index contributed by atoms with van der Waals surface area (Å²) in [6.07, 6.45) is 1.83. The van der Waals surface area contributed by atoms with Crippen LogP contribution in [0.3, 0.4) is 0 Å². The number of hydrogen-bond donors (Lipinski definition) is 3. The Hall–Kier alpha value is -4.47. The van der Waals surface area contributed by atoms with Gasteiger partial charge in [-0.05, 0) is 48.9 Å². The maximum Gasteiger partial charge on any atom is 0.270 e. The number of aromatic nitrogens is 1. The quantitative estimate of drug-likeness (QED) is 0.479. The third-order valence-corrected chi connectivity index (χ3v) is 6.81. The summed E-state index contributed by atoms with van der Waals surface area (Å²) in [5.74, 6) is 0.804. The summed E-state index contributed by atoms with van der Waals surface area (Å²) in [5, 5.41) is 5.90. The van der Waals surface area contributed by atoms with Crippen molar-refractivity contribution in [3.05, 3.63) is 77.1 Å². The molecule has 3 N–H and O–H groups in total.